The lowest BCUT2D eigenvalue weighted by Gasteiger charge is -2.14. The first-order valence-corrected chi connectivity index (χ1v) is 7.50. The van der Waals surface area contributed by atoms with Gasteiger partial charge in [0.25, 0.3) is 0 Å². The fraction of sp³-hybridized carbons (Fsp3) is 0.471. The highest BCUT2D eigenvalue weighted by Crippen LogP contribution is 2.24. The van der Waals surface area contributed by atoms with Crippen molar-refractivity contribution in [3.05, 3.63) is 29.6 Å². The van der Waals surface area contributed by atoms with E-state index in [1.54, 1.807) is 12.1 Å². The minimum Gasteiger partial charge on any atom is -0.326 e. The molecule has 0 radical (unpaired) electrons. The van der Waals surface area contributed by atoms with Gasteiger partial charge in [0.2, 0.25) is 5.91 Å². The fourth-order valence-electron chi connectivity index (χ4n) is 2.63. The molecule has 2 rings (SSSR count). The number of halogens is 1. The maximum Gasteiger partial charge on any atom is 0.227 e. The van der Waals surface area contributed by atoms with Crippen LogP contribution in [0.3, 0.4) is 0 Å². The third kappa shape index (κ3) is 4.57. The third-order valence-electron chi connectivity index (χ3n) is 3.78. The Hall–Kier alpha value is -1.86. The zero-order valence-corrected chi connectivity index (χ0v) is 12.1. The van der Waals surface area contributed by atoms with Crippen molar-refractivity contribution in [3.63, 3.8) is 0 Å². The zero-order chi connectivity index (χ0) is 15.1. The summed E-state index contributed by atoms with van der Waals surface area (Å²) in [5, 5.41) is 2.88. The maximum atomic E-state index is 13.6. The van der Waals surface area contributed by atoms with Crippen molar-refractivity contribution < 1.29 is 9.18 Å². The van der Waals surface area contributed by atoms with E-state index in [1.165, 1.54) is 18.9 Å². The highest BCUT2D eigenvalue weighted by Gasteiger charge is 2.20. The van der Waals surface area contributed by atoms with Gasteiger partial charge < -0.3 is 11.1 Å². The van der Waals surface area contributed by atoms with E-state index in [1.807, 2.05) is 0 Å². The summed E-state index contributed by atoms with van der Waals surface area (Å²) >= 11 is 0. The van der Waals surface area contributed by atoms with Gasteiger partial charge in [-0.25, -0.2) is 4.39 Å². The first-order chi connectivity index (χ1) is 10.2. The smallest absolute Gasteiger partial charge is 0.227 e. The molecule has 1 saturated carbocycles. The van der Waals surface area contributed by atoms with Gasteiger partial charge in [0.15, 0.2) is 0 Å². The van der Waals surface area contributed by atoms with E-state index in [9.17, 15) is 9.18 Å². The van der Waals surface area contributed by atoms with Crippen molar-refractivity contribution in [2.75, 3.05) is 11.9 Å². The third-order valence-corrected chi connectivity index (χ3v) is 3.78. The molecule has 0 atom stereocenters. The van der Waals surface area contributed by atoms with Gasteiger partial charge in [0, 0.05) is 11.6 Å². The van der Waals surface area contributed by atoms with E-state index >= 15 is 0 Å². The van der Waals surface area contributed by atoms with Crippen LogP contribution < -0.4 is 11.1 Å². The lowest BCUT2D eigenvalue weighted by Crippen LogP contribution is -2.22. The summed E-state index contributed by atoms with van der Waals surface area (Å²) < 4.78 is 13.6. The molecule has 1 fully saturated rings. The van der Waals surface area contributed by atoms with Gasteiger partial charge in [-0.05, 0) is 31.0 Å². The van der Waals surface area contributed by atoms with Crippen LogP contribution in [0.25, 0.3) is 0 Å². The Balaban J connectivity index is 2.06. The molecular formula is C17H21FN2O. The Morgan fingerprint density at radius 2 is 2.00 bits per heavy atom. The first-order valence-electron chi connectivity index (χ1n) is 7.50. The summed E-state index contributed by atoms with van der Waals surface area (Å²) in [4.78, 5) is 12.3. The Bertz CT molecular complexity index is 552. The summed E-state index contributed by atoms with van der Waals surface area (Å²) in [6.07, 6.45) is 6.50. The minimum absolute atomic E-state index is 0.0289. The van der Waals surface area contributed by atoms with Crippen LogP contribution in [-0.4, -0.2) is 12.5 Å². The van der Waals surface area contributed by atoms with Crippen molar-refractivity contribution >= 4 is 11.6 Å². The molecule has 1 aromatic carbocycles. The van der Waals surface area contributed by atoms with E-state index in [-0.39, 0.29) is 23.9 Å². The van der Waals surface area contributed by atoms with Crippen LogP contribution in [0.4, 0.5) is 10.1 Å². The number of carbonyl (C=O) groups is 1. The first kappa shape index (κ1) is 15.5. The Kier molecular flexibility index (Phi) is 5.77. The molecular weight excluding hydrogens is 267 g/mol. The summed E-state index contributed by atoms with van der Waals surface area (Å²) in [5.41, 5.74) is 6.14. The molecule has 3 N–H and O–H groups in total. The standard InChI is InChI=1S/C17H21FN2O/c18-16-10-9-15(12-14(16)8-5-11-19)20-17(21)13-6-3-1-2-4-7-13/h9-10,12-13H,1-4,6-7,11,19H2,(H,20,21). The number of rotatable bonds is 2. The number of hydrogen-bond acceptors (Lipinski definition) is 2. The van der Waals surface area contributed by atoms with Crippen LogP contribution in [0, 0.1) is 23.6 Å². The SMILES string of the molecule is NCC#Cc1cc(NC(=O)C2CCCCCC2)ccc1F. The van der Waals surface area contributed by atoms with Crippen LogP contribution in [-0.2, 0) is 4.79 Å². The summed E-state index contributed by atoms with van der Waals surface area (Å²) in [6.45, 7) is 0.179. The molecule has 0 bridgehead atoms. The lowest BCUT2D eigenvalue weighted by molar-refractivity contribution is -0.120. The van der Waals surface area contributed by atoms with E-state index in [2.05, 4.69) is 17.2 Å². The van der Waals surface area contributed by atoms with Crippen molar-refractivity contribution in [2.45, 2.75) is 38.5 Å². The van der Waals surface area contributed by atoms with E-state index in [4.69, 9.17) is 5.73 Å². The van der Waals surface area contributed by atoms with Crippen LogP contribution >= 0.6 is 0 Å². The second kappa shape index (κ2) is 7.80. The Labute approximate surface area is 125 Å². The maximum absolute atomic E-state index is 13.6. The van der Waals surface area contributed by atoms with Crippen LogP contribution in [0.5, 0.6) is 0 Å². The predicted octanol–water partition coefficient (Wildman–Crippen LogP) is 3.04. The monoisotopic (exact) mass is 288 g/mol. The molecule has 0 aromatic heterocycles. The molecule has 0 spiro atoms. The number of hydrogen-bond donors (Lipinski definition) is 2. The summed E-state index contributed by atoms with van der Waals surface area (Å²) in [5.74, 6) is 4.99. The largest absolute Gasteiger partial charge is 0.326 e. The molecule has 1 amide bonds. The van der Waals surface area contributed by atoms with Gasteiger partial charge in [-0.15, -0.1) is 0 Å². The fourth-order valence-corrected chi connectivity index (χ4v) is 2.63. The molecule has 1 aromatic rings. The highest BCUT2D eigenvalue weighted by atomic mass is 19.1. The lowest BCUT2D eigenvalue weighted by atomic mass is 9.99. The molecule has 1 aliphatic rings. The van der Waals surface area contributed by atoms with E-state index < -0.39 is 5.82 Å². The molecule has 0 unspecified atom stereocenters. The van der Waals surface area contributed by atoms with Gasteiger partial charge in [-0.2, -0.15) is 0 Å². The molecule has 112 valence electrons. The molecule has 0 aliphatic heterocycles. The van der Waals surface area contributed by atoms with E-state index in [0.717, 1.165) is 25.7 Å². The normalized spacial score (nSPS) is 15.7. The number of nitrogens with two attached hydrogens (primary N) is 1. The second-order valence-electron chi connectivity index (χ2n) is 5.38. The number of benzene rings is 1. The number of carbonyl (C=O) groups excluding carboxylic acids is 1. The quantitative estimate of drug-likeness (QED) is 0.649. The van der Waals surface area contributed by atoms with Crippen molar-refractivity contribution in [1.82, 2.24) is 0 Å². The molecule has 0 saturated heterocycles. The number of nitrogens with one attached hydrogen (secondary N) is 1. The average molecular weight is 288 g/mol. The van der Waals surface area contributed by atoms with Crippen LogP contribution in [0.2, 0.25) is 0 Å². The predicted molar refractivity (Wildman–Crippen MR) is 82.2 cm³/mol. The second-order valence-corrected chi connectivity index (χ2v) is 5.38. The molecule has 0 heterocycles. The zero-order valence-electron chi connectivity index (χ0n) is 12.1. The highest BCUT2D eigenvalue weighted by molar-refractivity contribution is 5.92. The van der Waals surface area contributed by atoms with Crippen molar-refractivity contribution in [1.29, 1.82) is 0 Å². The average Bonchev–Trinajstić information content (AvgIpc) is 2.77. The molecule has 21 heavy (non-hydrogen) atoms. The number of amides is 1. The van der Waals surface area contributed by atoms with Gasteiger partial charge >= 0.3 is 0 Å². The Morgan fingerprint density at radius 1 is 1.29 bits per heavy atom. The summed E-state index contributed by atoms with van der Waals surface area (Å²) in [7, 11) is 0. The van der Waals surface area contributed by atoms with Crippen molar-refractivity contribution in [3.8, 4) is 11.8 Å². The topological polar surface area (TPSA) is 55.1 Å². The van der Waals surface area contributed by atoms with Crippen molar-refractivity contribution in [2.24, 2.45) is 11.7 Å². The molecule has 4 heteroatoms. The van der Waals surface area contributed by atoms with Gasteiger partial charge in [-0.1, -0.05) is 37.5 Å². The van der Waals surface area contributed by atoms with Crippen LogP contribution in [0.15, 0.2) is 18.2 Å². The number of anilines is 1. The van der Waals surface area contributed by atoms with Crippen LogP contribution in [0.1, 0.15) is 44.1 Å². The van der Waals surface area contributed by atoms with E-state index in [0.29, 0.717) is 5.69 Å². The molecule has 1 aliphatic carbocycles. The summed E-state index contributed by atoms with van der Waals surface area (Å²) in [6, 6.07) is 4.45. The van der Waals surface area contributed by atoms with Gasteiger partial charge in [0.1, 0.15) is 5.82 Å². The Morgan fingerprint density at radius 3 is 2.67 bits per heavy atom. The van der Waals surface area contributed by atoms with Gasteiger partial charge in [-0.3, -0.25) is 4.79 Å². The van der Waals surface area contributed by atoms with Gasteiger partial charge in [0.05, 0.1) is 12.1 Å². The minimum atomic E-state index is -0.400. The molecule has 3 nitrogen and oxygen atoms in total.